The normalized spacial score (nSPS) is 12.2. The van der Waals surface area contributed by atoms with Crippen molar-refractivity contribution >= 4 is 17.7 Å². The van der Waals surface area contributed by atoms with E-state index in [1.54, 1.807) is 66.6 Å². The minimum Gasteiger partial charge on any atom is -0.454 e. The third-order valence-electron chi connectivity index (χ3n) is 4.74. The highest BCUT2D eigenvalue weighted by Crippen LogP contribution is 2.32. The molecule has 0 saturated carbocycles. The van der Waals surface area contributed by atoms with Crippen LogP contribution in [0.25, 0.3) is 11.9 Å². The maximum Gasteiger partial charge on any atom is 0.248 e. The highest BCUT2D eigenvalue weighted by molar-refractivity contribution is 6.02. The zero-order valence-electron chi connectivity index (χ0n) is 17.6. The number of nitrogens with zero attached hydrogens (tertiary/aromatic N) is 4. The van der Waals surface area contributed by atoms with Crippen molar-refractivity contribution in [2.75, 3.05) is 12.1 Å². The summed E-state index contributed by atoms with van der Waals surface area (Å²) in [6, 6.07) is 14.2. The molecule has 9 nitrogen and oxygen atoms in total. The molecule has 4 aromatic rings. The Balaban J connectivity index is 1.21. The van der Waals surface area contributed by atoms with E-state index >= 15 is 0 Å². The second-order valence-corrected chi connectivity index (χ2v) is 7.14. The van der Waals surface area contributed by atoms with E-state index in [2.05, 4.69) is 20.3 Å². The van der Waals surface area contributed by atoms with Gasteiger partial charge in [0, 0.05) is 30.2 Å². The number of aromatic nitrogens is 4. The predicted octanol–water partition coefficient (Wildman–Crippen LogP) is 4.14. The molecule has 1 N–H and O–H groups in total. The first-order valence-corrected chi connectivity index (χ1v) is 10.1. The number of carbonyl (C=O) groups is 1. The molecule has 0 unspecified atom stereocenters. The van der Waals surface area contributed by atoms with Gasteiger partial charge in [-0.3, -0.25) is 9.36 Å². The van der Waals surface area contributed by atoms with Crippen LogP contribution < -0.4 is 19.5 Å². The Morgan fingerprint density at radius 2 is 1.94 bits per heavy atom. The van der Waals surface area contributed by atoms with Crippen molar-refractivity contribution in [3.8, 4) is 28.9 Å². The zero-order chi connectivity index (χ0) is 22.6. The number of anilines is 1. The first-order chi connectivity index (χ1) is 16.1. The predicted molar refractivity (Wildman–Crippen MR) is 121 cm³/mol. The molecule has 1 aliphatic heterocycles. The van der Waals surface area contributed by atoms with Gasteiger partial charge in [-0.15, -0.1) is 0 Å². The Labute approximate surface area is 189 Å². The van der Waals surface area contributed by atoms with E-state index < -0.39 is 0 Å². The summed E-state index contributed by atoms with van der Waals surface area (Å²) in [5, 5.41) is 2.82. The van der Waals surface area contributed by atoms with Crippen LogP contribution in [0.4, 0.5) is 5.69 Å². The van der Waals surface area contributed by atoms with E-state index in [-0.39, 0.29) is 12.7 Å². The van der Waals surface area contributed by atoms with Crippen LogP contribution in [-0.2, 0) is 4.79 Å². The standard InChI is InChI=1S/C24H19N5O4/c1-16-26-22(29-11-10-25-14-29)13-24(27-16)33-19-6-4-18(5-7-19)28-23(30)9-3-17-2-8-20-21(12-17)32-15-31-20/h2-14H,15H2,1H3,(H,28,30)/b9-3+. The maximum atomic E-state index is 12.3. The van der Waals surface area contributed by atoms with Crippen molar-refractivity contribution in [2.45, 2.75) is 6.92 Å². The third-order valence-corrected chi connectivity index (χ3v) is 4.74. The summed E-state index contributed by atoms with van der Waals surface area (Å²) in [5.41, 5.74) is 1.48. The summed E-state index contributed by atoms with van der Waals surface area (Å²) in [5.74, 6) is 3.35. The Morgan fingerprint density at radius 3 is 2.76 bits per heavy atom. The lowest BCUT2D eigenvalue weighted by Crippen LogP contribution is -2.07. The molecule has 2 aromatic carbocycles. The van der Waals surface area contributed by atoms with Gasteiger partial charge in [0.15, 0.2) is 11.5 Å². The van der Waals surface area contributed by atoms with Gasteiger partial charge in [-0.1, -0.05) is 6.07 Å². The molecule has 1 amide bonds. The molecule has 2 aromatic heterocycles. The fourth-order valence-corrected chi connectivity index (χ4v) is 3.20. The van der Waals surface area contributed by atoms with Gasteiger partial charge in [-0.25, -0.2) is 9.97 Å². The van der Waals surface area contributed by atoms with Crippen molar-refractivity contribution in [3.63, 3.8) is 0 Å². The molecule has 164 valence electrons. The van der Waals surface area contributed by atoms with Gasteiger partial charge in [0.25, 0.3) is 0 Å². The molecule has 0 bridgehead atoms. The Hall–Kier alpha value is -4.66. The van der Waals surface area contributed by atoms with E-state index in [0.29, 0.717) is 40.5 Å². The van der Waals surface area contributed by atoms with Gasteiger partial charge in [0.2, 0.25) is 18.6 Å². The van der Waals surface area contributed by atoms with Gasteiger partial charge in [-0.2, -0.15) is 4.98 Å². The molecule has 5 rings (SSSR count). The topological polar surface area (TPSA) is 100 Å². The van der Waals surface area contributed by atoms with Crippen LogP contribution in [-0.4, -0.2) is 32.2 Å². The lowest BCUT2D eigenvalue weighted by molar-refractivity contribution is -0.111. The lowest BCUT2D eigenvalue weighted by Gasteiger charge is -2.09. The third kappa shape index (κ3) is 4.82. The van der Waals surface area contributed by atoms with Crippen molar-refractivity contribution in [1.82, 2.24) is 19.5 Å². The van der Waals surface area contributed by atoms with Crippen molar-refractivity contribution in [3.05, 3.63) is 84.7 Å². The average molecular weight is 441 g/mol. The van der Waals surface area contributed by atoms with Gasteiger partial charge in [-0.05, 0) is 55.0 Å². The highest BCUT2D eigenvalue weighted by atomic mass is 16.7. The molecule has 0 spiro atoms. The Morgan fingerprint density at radius 1 is 1.09 bits per heavy atom. The van der Waals surface area contributed by atoms with Crippen LogP contribution >= 0.6 is 0 Å². The van der Waals surface area contributed by atoms with Gasteiger partial charge in [0.1, 0.15) is 23.7 Å². The molecule has 33 heavy (non-hydrogen) atoms. The lowest BCUT2D eigenvalue weighted by atomic mass is 10.2. The van der Waals surface area contributed by atoms with Crippen molar-refractivity contribution in [2.24, 2.45) is 0 Å². The molecule has 9 heteroatoms. The number of aryl methyl sites for hydroxylation is 1. The Kier molecular flexibility index (Phi) is 5.42. The molecular formula is C24H19N5O4. The summed E-state index contributed by atoms with van der Waals surface area (Å²) < 4.78 is 18.3. The van der Waals surface area contributed by atoms with Crippen molar-refractivity contribution in [1.29, 1.82) is 0 Å². The minimum absolute atomic E-state index is 0.214. The first-order valence-electron chi connectivity index (χ1n) is 10.1. The number of rotatable bonds is 6. The number of fused-ring (bicyclic) bond motifs is 1. The fraction of sp³-hybridized carbons (Fsp3) is 0.0833. The zero-order valence-corrected chi connectivity index (χ0v) is 17.6. The number of hydrogen-bond acceptors (Lipinski definition) is 7. The van der Waals surface area contributed by atoms with Crippen molar-refractivity contribution < 1.29 is 19.0 Å². The second kappa shape index (κ2) is 8.83. The molecular weight excluding hydrogens is 422 g/mol. The number of imidazole rings is 1. The van der Waals surface area contributed by atoms with E-state index in [9.17, 15) is 4.79 Å². The van der Waals surface area contributed by atoms with E-state index in [1.165, 1.54) is 6.08 Å². The quantitative estimate of drug-likeness (QED) is 0.449. The van der Waals surface area contributed by atoms with Crippen LogP contribution in [0.15, 0.2) is 73.3 Å². The largest absolute Gasteiger partial charge is 0.454 e. The number of carbonyl (C=O) groups excluding carboxylic acids is 1. The summed E-state index contributed by atoms with van der Waals surface area (Å²) in [7, 11) is 0. The second-order valence-electron chi connectivity index (χ2n) is 7.14. The Bertz CT molecular complexity index is 1320. The van der Waals surface area contributed by atoms with E-state index in [1.807, 2.05) is 18.2 Å². The minimum atomic E-state index is -0.252. The van der Waals surface area contributed by atoms with Gasteiger partial charge < -0.3 is 19.5 Å². The summed E-state index contributed by atoms with van der Waals surface area (Å²) in [4.78, 5) is 25.0. The van der Waals surface area contributed by atoms with Crippen LogP contribution in [0.1, 0.15) is 11.4 Å². The molecule has 0 fully saturated rings. The molecule has 0 radical (unpaired) electrons. The summed E-state index contributed by atoms with van der Waals surface area (Å²) in [6.07, 6.45) is 8.30. The van der Waals surface area contributed by atoms with Gasteiger partial charge in [0.05, 0.1) is 0 Å². The summed E-state index contributed by atoms with van der Waals surface area (Å²) >= 11 is 0. The molecule has 0 aliphatic carbocycles. The number of benzene rings is 2. The van der Waals surface area contributed by atoms with Crippen LogP contribution in [0, 0.1) is 6.92 Å². The molecule has 1 aliphatic rings. The summed E-state index contributed by atoms with van der Waals surface area (Å²) in [6.45, 7) is 2.01. The van der Waals surface area contributed by atoms with Crippen LogP contribution in [0.3, 0.4) is 0 Å². The number of ether oxygens (including phenoxy) is 3. The molecule has 0 atom stereocenters. The maximum absolute atomic E-state index is 12.3. The number of hydrogen-bond donors (Lipinski definition) is 1. The highest BCUT2D eigenvalue weighted by Gasteiger charge is 2.12. The van der Waals surface area contributed by atoms with E-state index in [4.69, 9.17) is 14.2 Å². The smallest absolute Gasteiger partial charge is 0.248 e. The molecule has 3 heterocycles. The van der Waals surface area contributed by atoms with E-state index in [0.717, 1.165) is 5.56 Å². The van der Waals surface area contributed by atoms with Crippen LogP contribution in [0.5, 0.6) is 23.1 Å². The number of nitrogens with one attached hydrogen (secondary N) is 1. The van der Waals surface area contributed by atoms with Gasteiger partial charge >= 0.3 is 0 Å². The molecule has 0 saturated heterocycles. The first kappa shape index (κ1) is 20.3. The SMILES string of the molecule is Cc1nc(Oc2ccc(NC(=O)/C=C/c3ccc4c(c3)OCO4)cc2)cc(-n2ccnc2)n1. The van der Waals surface area contributed by atoms with Crippen LogP contribution in [0.2, 0.25) is 0 Å². The average Bonchev–Trinajstić information content (AvgIpc) is 3.50. The fourth-order valence-electron chi connectivity index (χ4n) is 3.20. The number of amides is 1. The monoisotopic (exact) mass is 441 g/mol.